The van der Waals surface area contributed by atoms with Crippen LogP contribution in [0.25, 0.3) is 0 Å². The first-order chi connectivity index (χ1) is 14.3. The lowest BCUT2D eigenvalue weighted by molar-refractivity contribution is -0.138. The smallest absolute Gasteiger partial charge is 0.337 e. The van der Waals surface area contributed by atoms with Gasteiger partial charge in [0.2, 0.25) is 0 Å². The van der Waals surface area contributed by atoms with Crippen LogP contribution in [0, 0.1) is 0 Å². The van der Waals surface area contributed by atoms with Crippen molar-refractivity contribution >= 4 is 23.2 Å². The van der Waals surface area contributed by atoms with Crippen molar-refractivity contribution in [2.75, 3.05) is 13.1 Å². The van der Waals surface area contributed by atoms with Crippen molar-refractivity contribution in [3.05, 3.63) is 51.5 Å². The number of nitrogens with zero attached hydrogens (tertiary/aromatic N) is 2. The van der Waals surface area contributed by atoms with E-state index in [-0.39, 0.29) is 23.7 Å². The minimum absolute atomic E-state index is 0.0585. The number of hydrogen-bond acceptors (Lipinski definition) is 5. The van der Waals surface area contributed by atoms with Crippen LogP contribution in [0.4, 0.5) is 13.2 Å². The molecule has 1 aromatic carbocycles. The molecule has 0 bridgehead atoms. The summed E-state index contributed by atoms with van der Waals surface area (Å²) in [4.78, 5) is 27.2. The molecule has 0 radical (unpaired) electrons. The van der Waals surface area contributed by atoms with E-state index in [1.165, 1.54) is 24.5 Å². The molecule has 1 unspecified atom stereocenters. The highest BCUT2D eigenvalue weighted by atomic mass is 32.1. The second kappa shape index (κ2) is 8.11. The van der Waals surface area contributed by atoms with Crippen LogP contribution in [0.5, 0.6) is 0 Å². The quantitative estimate of drug-likeness (QED) is 0.794. The summed E-state index contributed by atoms with van der Waals surface area (Å²) in [6, 6.07) is 5.45. The van der Waals surface area contributed by atoms with Gasteiger partial charge in [-0.3, -0.25) is 9.59 Å². The SMILES string of the molecule is CC(=O)C1Cc2snc(C(=O)N3CCC(c4ccccc4C(F)(F)F)CC3)c2CN1. The van der Waals surface area contributed by atoms with Crippen molar-refractivity contribution in [2.45, 2.75) is 50.9 Å². The van der Waals surface area contributed by atoms with Gasteiger partial charge in [0.25, 0.3) is 5.91 Å². The number of piperidine rings is 1. The number of halogens is 3. The Morgan fingerprint density at radius 3 is 2.57 bits per heavy atom. The predicted octanol–water partition coefficient (Wildman–Crippen LogP) is 3.79. The maximum absolute atomic E-state index is 13.3. The number of likely N-dealkylation sites (tertiary alicyclic amines) is 1. The zero-order valence-electron chi connectivity index (χ0n) is 16.5. The number of ketones is 1. The lowest BCUT2D eigenvalue weighted by atomic mass is 9.86. The van der Waals surface area contributed by atoms with E-state index in [1.54, 1.807) is 17.0 Å². The van der Waals surface area contributed by atoms with E-state index in [0.717, 1.165) is 16.5 Å². The number of nitrogens with one attached hydrogen (secondary N) is 1. The highest BCUT2D eigenvalue weighted by Gasteiger charge is 2.37. The van der Waals surface area contributed by atoms with E-state index in [4.69, 9.17) is 0 Å². The molecule has 0 spiro atoms. The Bertz CT molecular complexity index is 965. The Hall–Kier alpha value is -2.26. The Morgan fingerprint density at radius 1 is 1.20 bits per heavy atom. The summed E-state index contributed by atoms with van der Waals surface area (Å²) in [5.41, 5.74) is 0.961. The summed E-state index contributed by atoms with van der Waals surface area (Å²) >= 11 is 1.25. The highest BCUT2D eigenvalue weighted by Crippen LogP contribution is 2.39. The van der Waals surface area contributed by atoms with Crippen molar-refractivity contribution in [2.24, 2.45) is 0 Å². The fourth-order valence-corrected chi connectivity index (χ4v) is 5.19. The standard InChI is InChI=1S/C21H22F3N3O2S/c1-12(28)17-10-18-15(11-25-17)19(26-30-18)20(29)27-8-6-13(7-9-27)14-4-2-3-5-16(14)21(22,23)24/h2-5,13,17,25H,6-11H2,1H3. The van der Waals surface area contributed by atoms with Crippen LogP contribution in [0.15, 0.2) is 24.3 Å². The third-order valence-electron chi connectivity index (χ3n) is 5.97. The molecule has 2 aromatic rings. The first-order valence-electron chi connectivity index (χ1n) is 9.92. The molecule has 30 heavy (non-hydrogen) atoms. The van der Waals surface area contributed by atoms with Gasteiger partial charge in [0.05, 0.1) is 11.6 Å². The van der Waals surface area contributed by atoms with Gasteiger partial charge in [-0.25, -0.2) is 0 Å². The number of hydrogen-bond donors (Lipinski definition) is 1. The third-order valence-corrected chi connectivity index (χ3v) is 6.87. The maximum atomic E-state index is 13.3. The summed E-state index contributed by atoms with van der Waals surface area (Å²) in [5.74, 6) is -0.351. The average Bonchev–Trinajstić information content (AvgIpc) is 3.16. The second-order valence-electron chi connectivity index (χ2n) is 7.83. The maximum Gasteiger partial charge on any atom is 0.416 e. The summed E-state index contributed by atoms with van der Waals surface area (Å²) in [5, 5.41) is 3.15. The van der Waals surface area contributed by atoms with Crippen molar-refractivity contribution in [1.29, 1.82) is 0 Å². The van der Waals surface area contributed by atoms with Crippen molar-refractivity contribution < 1.29 is 22.8 Å². The summed E-state index contributed by atoms with van der Waals surface area (Å²) in [6.45, 7) is 2.75. The zero-order valence-corrected chi connectivity index (χ0v) is 17.3. The van der Waals surface area contributed by atoms with Crippen LogP contribution in [0.3, 0.4) is 0 Å². The highest BCUT2D eigenvalue weighted by molar-refractivity contribution is 7.06. The van der Waals surface area contributed by atoms with E-state index >= 15 is 0 Å². The van der Waals surface area contributed by atoms with Gasteiger partial charge in [0.1, 0.15) is 11.5 Å². The molecule has 1 aromatic heterocycles. The Kier molecular flexibility index (Phi) is 5.67. The molecule has 0 aliphatic carbocycles. The molecule has 2 aliphatic rings. The van der Waals surface area contributed by atoms with Gasteiger partial charge in [0, 0.05) is 36.5 Å². The van der Waals surface area contributed by atoms with Gasteiger partial charge in [-0.05, 0) is 48.8 Å². The van der Waals surface area contributed by atoms with Crippen LogP contribution in [0.2, 0.25) is 0 Å². The first-order valence-corrected chi connectivity index (χ1v) is 10.7. The van der Waals surface area contributed by atoms with Crippen LogP contribution < -0.4 is 5.32 Å². The minimum Gasteiger partial charge on any atom is -0.337 e. The molecule has 1 atom stereocenters. The molecule has 3 heterocycles. The van der Waals surface area contributed by atoms with Crippen molar-refractivity contribution in [1.82, 2.24) is 14.6 Å². The number of fused-ring (bicyclic) bond motifs is 1. The van der Waals surface area contributed by atoms with Gasteiger partial charge in [0.15, 0.2) is 0 Å². The molecule has 160 valence electrons. The largest absolute Gasteiger partial charge is 0.416 e. The lowest BCUT2D eigenvalue weighted by Gasteiger charge is -2.33. The lowest BCUT2D eigenvalue weighted by Crippen LogP contribution is -2.42. The summed E-state index contributed by atoms with van der Waals surface area (Å²) in [6.07, 6.45) is -2.88. The number of amides is 1. The molecular formula is C21H22F3N3O2S. The van der Waals surface area contributed by atoms with Gasteiger partial charge in [-0.2, -0.15) is 17.5 Å². The van der Waals surface area contributed by atoms with E-state index in [1.807, 2.05) is 0 Å². The monoisotopic (exact) mass is 437 g/mol. The van der Waals surface area contributed by atoms with Crippen LogP contribution in [0.1, 0.15) is 57.7 Å². The van der Waals surface area contributed by atoms with Crippen molar-refractivity contribution in [3.63, 3.8) is 0 Å². The molecule has 9 heteroatoms. The molecule has 1 saturated heterocycles. The Labute approximate surface area is 176 Å². The van der Waals surface area contributed by atoms with Gasteiger partial charge < -0.3 is 10.2 Å². The fourth-order valence-electron chi connectivity index (χ4n) is 4.28. The number of carbonyl (C=O) groups is 2. The van der Waals surface area contributed by atoms with Crippen LogP contribution in [-0.4, -0.2) is 40.1 Å². The van der Waals surface area contributed by atoms with Crippen LogP contribution >= 0.6 is 11.5 Å². The Morgan fingerprint density at radius 2 is 1.90 bits per heavy atom. The van der Waals surface area contributed by atoms with Gasteiger partial charge in [-0.15, -0.1) is 0 Å². The molecule has 2 aliphatic heterocycles. The number of carbonyl (C=O) groups excluding carboxylic acids is 2. The summed E-state index contributed by atoms with van der Waals surface area (Å²) < 4.78 is 44.3. The molecule has 1 amide bonds. The zero-order chi connectivity index (χ0) is 21.5. The number of aromatic nitrogens is 1. The van der Waals surface area contributed by atoms with Crippen molar-refractivity contribution in [3.8, 4) is 0 Å². The van der Waals surface area contributed by atoms with Gasteiger partial charge in [-0.1, -0.05) is 18.2 Å². The molecule has 1 fully saturated rings. The fraction of sp³-hybridized carbons (Fsp3) is 0.476. The number of benzene rings is 1. The topological polar surface area (TPSA) is 62.3 Å². The molecule has 4 rings (SSSR count). The van der Waals surface area contributed by atoms with Crippen LogP contribution in [-0.2, 0) is 23.9 Å². The van der Waals surface area contributed by atoms with E-state index < -0.39 is 11.7 Å². The van der Waals surface area contributed by atoms with Gasteiger partial charge >= 0.3 is 6.18 Å². The molecule has 0 saturated carbocycles. The molecule has 5 nitrogen and oxygen atoms in total. The minimum atomic E-state index is -4.38. The molecular weight excluding hydrogens is 415 g/mol. The first kappa shape index (κ1) is 21.0. The summed E-state index contributed by atoms with van der Waals surface area (Å²) in [7, 11) is 0. The van der Waals surface area contributed by atoms with E-state index in [2.05, 4.69) is 9.69 Å². The normalized spacial score (nSPS) is 20.1. The number of alkyl halides is 3. The molecule has 1 N–H and O–H groups in total. The van der Waals surface area contributed by atoms with E-state index in [9.17, 15) is 22.8 Å². The second-order valence-corrected chi connectivity index (χ2v) is 8.69. The third kappa shape index (κ3) is 4.00. The average molecular weight is 437 g/mol. The number of Topliss-reactive ketones (excluding diaryl/α,β-unsaturated/α-hetero) is 1. The predicted molar refractivity (Wildman–Crippen MR) is 106 cm³/mol. The number of rotatable bonds is 3. The van der Waals surface area contributed by atoms with E-state index in [0.29, 0.717) is 50.2 Å². The Balaban J connectivity index is 1.45.